The Morgan fingerprint density at radius 3 is 2.44 bits per heavy atom. The molecule has 6 nitrogen and oxygen atoms in total. The molecule has 0 radical (unpaired) electrons. The molecule has 0 bridgehead atoms. The van der Waals surface area contributed by atoms with Crippen molar-refractivity contribution in [1.29, 1.82) is 0 Å². The summed E-state index contributed by atoms with van der Waals surface area (Å²) in [5, 5.41) is 15.3. The van der Waals surface area contributed by atoms with E-state index in [9.17, 15) is 13.6 Å². The molecule has 2 aliphatic rings. The molecule has 6 rings (SSSR count). The van der Waals surface area contributed by atoms with E-state index < -0.39 is 0 Å². The summed E-state index contributed by atoms with van der Waals surface area (Å²) in [7, 11) is 0. The van der Waals surface area contributed by atoms with Gasteiger partial charge in [-0.25, -0.2) is 13.8 Å². The lowest BCUT2D eigenvalue weighted by molar-refractivity contribution is -0.130. The van der Waals surface area contributed by atoms with E-state index in [1.54, 1.807) is 35.6 Å². The average Bonchev–Trinajstić information content (AvgIpc) is 3.60. The van der Waals surface area contributed by atoms with Crippen molar-refractivity contribution < 1.29 is 13.6 Å². The summed E-state index contributed by atoms with van der Waals surface area (Å²) in [5.74, 6) is -0.681. The molecule has 2 atom stereocenters. The first-order valence-corrected chi connectivity index (χ1v) is 13.8. The van der Waals surface area contributed by atoms with E-state index in [2.05, 4.69) is 10.2 Å². The predicted octanol–water partition coefficient (Wildman–Crippen LogP) is 6.46. The number of hydrazone groups is 1. The molecule has 196 valence electrons. The molecule has 0 saturated heterocycles. The van der Waals surface area contributed by atoms with Crippen LogP contribution in [0.5, 0.6) is 0 Å². The summed E-state index contributed by atoms with van der Waals surface area (Å²) < 4.78 is 29.1. The number of fused-ring (bicyclic) bond motifs is 1. The Morgan fingerprint density at radius 1 is 0.974 bits per heavy atom. The lowest BCUT2D eigenvalue weighted by Crippen LogP contribution is -2.33. The predicted molar refractivity (Wildman–Crippen MR) is 147 cm³/mol. The standard InChI is InChI=1S/C30H25F2N5OS/c31-23-13-9-20(10-14-23)17-22-5-4-8-26-28(22)35-37(29(26)21-11-15-24(32)16-12-21)27(38)18-39-30-34-33-19-36(30)25-6-2-1-3-7-25/h1-3,6-7,9-17,19,26,29H,4-5,8,18H2/b22-17-/t26-,29-/m0/s1. The summed E-state index contributed by atoms with van der Waals surface area (Å²) in [6.07, 6.45) is 6.27. The molecule has 0 unspecified atom stereocenters. The number of hydrogen-bond donors (Lipinski definition) is 0. The Kier molecular flexibility index (Phi) is 7.06. The van der Waals surface area contributed by atoms with Crippen molar-refractivity contribution in [2.75, 3.05) is 5.75 Å². The minimum atomic E-state index is -0.336. The SMILES string of the molecule is O=C(CSc1nncn1-c1ccccc1)N1N=C2/C(=C\c3ccc(F)cc3)CCC[C@@H]2[C@@H]1c1ccc(F)cc1. The van der Waals surface area contributed by atoms with Crippen molar-refractivity contribution in [2.24, 2.45) is 11.0 Å². The van der Waals surface area contributed by atoms with Gasteiger partial charge in [0.2, 0.25) is 0 Å². The zero-order chi connectivity index (χ0) is 26.8. The second-order valence-electron chi connectivity index (χ2n) is 9.55. The number of allylic oxidation sites excluding steroid dienone is 1. The number of nitrogens with zero attached hydrogens (tertiary/aromatic N) is 5. The third-order valence-electron chi connectivity index (χ3n) is 7.06. The van der Waals surface area contributed by atoms with Crippen LogP contribution < -0.4 is 0 Å². The Hall–Kier alpha value is -4.11. The Bertz CT molecular complexity index is 1530. The van der Waals surface area contributed by atoms with Crippen molar-refractivity contribution >= 4 is 29.5 Å². The molecule has 3 aromatic carbocycles. The van der Waals surface area contributed by atoms with E-state index in [-0.39, 0.29) is 35.3 Å². The van der Waals surface area contributed by atoms with Gasteiger partial charge in [-0.1, -0.05) is 54.2 Å². The van der Waals surface area contributed by atoms with Gasteiger partial charge in [-0.15, -0.1) is 10.2 Å². The number of carbonyl (C=O) groups excluding carboxylic acids is 1. The quantitative estimate of drug-likeness (QED) is 0.263. The number of hydrogen-bond acceptors (Lipinski definition) is 5. The van der Waals surface area contributed by atoms with Gasteiger partial charge in [0, 0.05) is 11.6 Å². The lowest BCUT2D eigenvalue weighted by atomic mass is 9.77. The van der Waals surface area contributed by atoms with Crippen LogP contribution in [0.3, 0.4) is 0 Å². The fourth-order valence-electron chi connectivity index (χ4n) is 5.24. The third kappa shape index (κ3) is 5.27. The smallest absolute Gasteiger partial charge is 0.253 e. The van der Waals surface area contributed by atoms with Crippen LogP contribution in [0.2, 0.25) is 0 Å². The topological polar surface area (TPSA) is 63.4 Å². The van der Waals surface area contributed by atoms with Crippen LogP contribution in [0.4, 0.5) is 8.78 Å². The zero-order valence-corrected chi connectivity index (χ0v) is 21.8. The van der Waals surface area contributed by atoms with Crippen LogP contribution in [0.15, 0.2) is 101 Å². The summed E-state index contributed by atoms with van der Waals surface area (Å²) in [5.41, 5.74) is 4.54. The average molecular weight is 542 g/mol. The normalized spacial score (nSPS) is 19.7. The maximum Gasteiger partial charge on any atom is 0.253 e. The van der Waals surface area contributed by atoms with E-state index >= 15 is 0 Å². The Morgan fingerprint density at radius 2 is 1.69 bits per heavy atom. The highest BCUT2D eigenvalue weighted by molar-refractivity contribution is 7.99. The van der Waals surface area contributed by atoms with Crippen molar-refractivity contribution in [2.45, 2.75) is 30.5 Å². The molecular formula is C30H25F2N5OS. The minimum Gasteiger partial charge on any atom is -0.277 e. The first-order valence-electron chi connectivity index (χ1n) is 12.8. The van der Waals surface area contributed by atoms with E-state index in [0.717, 1.165) is 47.4 Å². The molecule has 9 heteroatoms. The van der Waals surface area contributed by atoms with Crippen LogP contribution in [0.1, 0.15) is 36.4 Å². The van der Waals surface area contributed by atoms with Crippen LogP contribution in [0.25, 0.3) is 11.8 Å². The van der Waals surface area contributed by atoms with E-state index in [1.165, 1.54) is 36.0 Å². The zero-order valence-electron chi connectivity index (χ0n) is 21.0. The monoisotopic (exact) mass is 541 g/mol. The number of aromatic nitrogens is 3. The van der Waals surface area contributed by atoms with Crippen molar-refractivity contribution in [3.8, 4) is 5.69 Å². The largest absolute Gasteiger partial charge is 0.277 e. The van der Waals surface area contributed by atoms with Gasteiger partial charge >= 0.3 is 0 Å². The summed E-state index contributed by atoms with van der Waals surface area (Å²) in [6, 6.07) is 22.0. The molecule has 1 aliphatic carbocycles. The van der Waals surface area contributed by atoms with Crippen LogP contribution >= 0.6 is 11.8 Å². The first kappa shape index (κ1) is 25.2. The van der Waals surface area contributed by atoms with Gasteiger partial charge in [0.05, 0.1) is 17.5 Å². The molecule has 1 aliphatic heterocycles. The van der Waals surface area contributed by atoms with Crippen LogP contribution in [-0.4, -0.2) is 37.1 Å². The highest BCUT2D eigenvalue weighted by Gasteiger charge is 2.43. The van der Waals surface area contributed by atoms with E-state index in [4.69, 9.17) is 5.10 Å². The molecule has 39 heavy (non-hydrogen) atoms. The Labute approximate surface area is 229 Å². The lowest BCUT2D eigenvalue weighted by Gasteiger charge is -2.29. The van der Waals surface area contributed by atoms with Gasteiger partial charge < -0.3 is 0 Å². The molecular weight excluding hydrogens is 516 g/mol. The maximum absolute atomic E-state index is 13.8. The highest BCUT2D eigenvalue weighted by Crippen LogP contribution is 2.44. The number of carbonyl (C=O) groups is 1. The fraction of sp³-hybridized carbons (Fsp3) is 0.200. The van der Waals surface area contributed by atoms with Gasteiger partial charge in [-0.2, -0.15) is 5.10 Å². The third-order valence-corrected chi connectivity index (χ3v) is 7.98. The second-order valence-corrected chi connectivity index (χ2v) is 10.5. The molecule has 0 spiro atoms. The van der Waals surface area contributed by atoms with Crippen molar-refractivity contribution in [1.82, 2.24) is 19.8 Å². The molecule has 2 heterocycles. The highest BCUT2D eigenvalue weighted by atomic mass is 32.2. The summed E-state index contributed by atoms with van der Waals surface area (Å²) in [4.78, 5) is 13.7. The number of thioether (sulfide) groups is 1. The van der Waals surface area contributed by atoms with Gasteiger partial charge in [0.15, 0.2) is 5.16 Å². The fourth-order valence-corrected chi connectivity index (χ4v) is 6.02. The number of benzene rings is 3. The minimum absolute atomic E-state index is 0.0159. The van der Waals surface area contributed by atoms with E-state index in [0.29, 0.717) is 5.16 Å². The molecule has 1 aromatic heterocycles. The van der Waals surface area contributed by atoms with E-state index in [1.807, 2.05) is 41.0 Å². The molecule has 1 saturated carbocycles. The summed E-state index contributed by atoms with van der Waals surface area (Å²) in [6.45, 7) is 0. The first-order chi connectivity index (χ1) is 19.1. The van der Waals surface area contributed by atoms with Gasteiger partial charge in [-0.3, -0.25) is 9.36 Å². The van der Waals surface area contributed by atoms with Gasteiger partial charge in [-0.05, 0) is 78.4 Å². The number of para-hydroxylation sites is 1. The summed E-state index contributed by atoms with van der Waals surface area (Å²) >= 11 is 1.30. The molecule has 4 aromatic rings. The number of rotatable bonds is 6. The van der Waals surface area contributed by atoms with Gasteiger partial charge in [0.1, 0.15) is 18.0 Å². The molecule has 1 fully saturated rings. The van der Waals surface area contributed by atoms with Crippen LogP contribution in [0, 0.1) is 17.6 Å². The van der Waals surface area contributed by atoms with Crippen molar-refractivity contribution in [3.63, 3.8) is 0 Å². The molecule has 1 amide bonds. The maximum atomic E-state index is 13.8. The van der Waals surface area contributed by atoms with Crippen molar-refractivity contribution in [3.05, 3.63) is 114 Å². The Balaban J connectivity index is 1.30. The second kappa shape index (κ2) is 10.9. The van der Waals surface area contributed by atoms with Crippen LogP contribution in [-0.2, 0) is 4.79 Å². The number of amides is 1. The number of halogens is 2. The molecule has 0 N–H and O–H groups in total. The van der Waals surface area contributed by atoms with Gasteiger partial charge in [0.25, 0.3) is 5.91 Å².